The number of nitrogens with zero attached hydrogens (tertiary/aromatic N) is 3. The van der Waals surface area contributed by atoms with Crippen LogP contribution in [0.25, 0.3) is 0 Å². The number of imidazole rings is 1. The van der Waals surface area contributed by atoms with Crippen LogP contribution in [0.5, 0.6) is 0 Å². The van der Waals surface area contributed by atoms with Gasteiger partial charge in [0.15, 0.2) is 13.1 Å². The van der Waals surface area contributed by atoms with Crippen molar-refractivity contribution in [1.82, 2.24) is 4.57 Å². The topological polar surface area (TPSA) is 83.3 Å². The van der Waals surface area contributed by atoms with Crippen molar-refractivity contribution in [1.29, 1.82) is 0 Å². The van der Waals surface area contributed by atoms with Crippen molar-refractivity contribution < 1.29 is 24.3 Å². The number of carbonyl (C=O) groups is 2. The molecule has 3 rings (SSSR count). The highest BCUT2D eigenvalue weighted by Crippen LogP contribution is 2.25. The zero-order valence-corrected chi connectivity index (χ0v) is 17.0. The first-order valence-corrected chi connectivity index (χ1v) is 9.40. The van der Waals surface area contributed by atoms with Crippen molar-refractivity contribution in [2.75, 3.05) is 0 Å². The number of benzene rings is 2. The number of hydrogen-bond acceptors (Lipinski definition) is 3. The molecular formula is C19H14Cl3N3O4+2. The number of Topliss-reactive ketones (excluding diaryl/α,β-unsaturated/α-hetero) is 2. The van der Waals surface area contributed by atoms with Crippen molar-refractivity contribution in [3.63, 3.8) is 0 Å². The predicted octanol–water partition coefficient (Wildman–Crippen LogP) is 4.30. The summed E-state index contributed by atoms with van der Waals surface area (Å²) in [6.45, 7) is 0.0270. The third-order valence-electron chi connectivity index (χ3n) is 4.11. The summed E-state index contributed by atoms with van der Waals surface area (Å²) in [7, 11) is 0. The maximum atomic E-state index is 12.5. The average Bonchev–Trinajstić information content (AvgIpc) is 3.10. The van der Waals surface area contributed by atoms with Crippen molar-refractivity contribution in [3.8, 4) is 0 Å². The molecule has 0 amide bonds. The molecule has 1 heterocycles. The van der Waals surface area contributed by atoms with E-state index in [0.29, 0.717) is 15.6 Å². The Morgan fingerprint density at radius 1 is 0.966 bits per heavy atom. The molecule has 1 aromatic heterocycles. The molecule has 0 atom stereocenters. The molecule has 0 aliphatic rings. The fourth-order valence-corrected chi connectivity index (χ4v) is 3.13. The molecule has 0 unspecified atom stereocenters. The number of ketones is 2. The van der Waals surface area contributed by atoms with Crippen molar-refractivity contribution >= 4 is 52.1 Å². The van der Waals surface area contributed by atoms with Gasteiger partial charge in [-0.3, -0.25) is 9.59 Å². The van der Waals surface area contributed by atoms with Crippen molar-refractivity contribution in [3.05, 3.63) is 86.2 Å². The highest BCUT2D eigenvalue weighted by molar-refractivity contribution is 6.42. The fourth-order valence-electron chi connectivity index (χ4n) is 2.64. The third-order valence-corrected chi connectivity index (χ3v) is 5.17. The molecule has 148 valence electrons. The molecule has 2 aromatic carbocycles. The van der Waals surface area contributed by atoms with Gasteiger partial charge in [-0.05, 0) is 30.3 Å². The summed E-state index contributed by atoms with van der Waals surface area (Å²) in [5.74, 6) is -0.471. The van der Waals surface area contributed by atoms with Gasteiger partial charge in [0.05, 0.1) is 15.0 Å². The molecule has 3 aromatic rings. The lowest BCUT2D eigenvalue weighted by molar-refractivity contribution is -0.729. The van der Waals surface area contributed by atoms with Gasteiger partial charge in [-0.1, -0.05) is 34.8 Å². The summed E-state index contributed by atoms with van der Waals surface area (Å²) in [4.78, 5) is 35.5. The molecule has 0 fully saturated rings. The van der Waals surface area contributed by atoms with E-state index >= 15 is 0 Å². The van der Waals surface area contributed by atoms with Crippen LogP contribution in [-0.4, -0.2) is 26.3 Å². The Morgan fingerprint density at radius 2 is 1.62 bits per heavy atom. The highest BCUT2D eigenvalue weighted by atomic mass is 35.5. The monoisotopic (exact) mass is 453 g/mol. The first-order chi connectivity index (χ1) is 13.7. The standard InChI is InChI=1S/C19H14Cl3N3O4/c20-14-3-1-12(7-16(14)22)18(26)9-23-5-6-24(11-23)10-19(27)13-2-4-15(21)17(8-13)25(28)29/h1-8,11H,9-10H2,(H,28,29)/q+2. The highest BCUT2D eigenvalue weighted by Gasteiger charge is 2.21. The van der Waals surface area contributed by atoms with Crippen LogP contribution in [0.4, 0.5) is 5.69 Å². The summed E-state index contributed by atoms with van der Waals surface area (Å²) in [5.41, 5.74) is 0.425. The van der Waals surface area contributed by atoms with Crippen LogP contribution in [0.1, 0.15) is 20.7 Å². The van der Waals surface area contributed by atoms with Crippen LogP contribution in [0.3, 0.4) is 0 Å². The van der Waals surface area contributed by atoms with Crippen LogP contribution in [-0.2, 0) is 13.1 Å². The van der Waals surface area contributed by atoms with E-state index in [0.717, 1.165) is 0 Å². The number of carbonyl (C=O) groups excluding carboxylic acids is 2. The maximum absolute atomic E-state index is 12.5. The molecule has 1 N–H and O–H groups in total. The Labute approximate surface area is 180 Å². The van der Waals surface area contributed by atoms with Gasteiger partial charge >= 0.3 is 5.69 Å². The van der Waals surface area contributed by atoms with Gasteiger partial charge in [0.25, 0.3) is 4.92 Å². The molecule has 0 aliphatic carbocycles. The minimum absolute atomic E-state index is 0.0265. The van der Waals surface area contributed by atoms with Gasteiger partial charge in [0.2, 0.25) is 17.9 Å². The Kier molecular flexibility index (Phi) is 6.32. The predicted molar refractivity (Wildman–Crippen MR) is 106 cm³/mol. The molecule has 0 bridgehead atoms. The SMILES string of the molecule is O=C(Cn1cc[n+](CC(=O)c2ccc(Cl)c(Cl)c2)c1)c1ccc(Cl)c([N+](=O)O)c1. The third kappa shape index (κ3) is 5.00. The second-order valence-electron chi connectivity index (χ2n) is 6.17. The van der Waals surface area contributed by atoms with Crippen LogP contribution in [0, 0.1) is 4.91 Å². The fraction of sp³-hybridized carbons (Fsp3) is 0.105. The largest absolute Gasteiger partial charge is 0.335 e. The Balaban J connectivity index is 1.69. The van der Waals surface area contributed by atoms with Crippen molar-refractivity contribution in [2.24, 2.45) is 0 Å². The molecule has 29 heavy (non-hydrogen) atoms. The van der Waals surface area contributed by atoms with E-state index < -0.39 is 4.92 Å². The molecule has 0 aliphatic heterocycles. The van der Waals surface area contributed by atoms with E-state index in [1.54, 1.807) is 40.0 Å². The summed E-state index contributed by atoms with van der Waals surface area (Å²) in [5, 5.41) is 9.73. The maximum Gasteiger partial charge on any atom is 0.335 e. The lowest BCUT2D eigenvalue weighted by Gasteiger charge is -2.01. The van der Waals surface area contributed by atoms with Crippen molar-refractivity contribution in [2.45, 2.75) is 13.1 Å². The molecule has 7 nitrogen and oxygen atoms in total. The minimum Gasteiger partial charge on any atom is -0.290 e. The van der Waals surface area contributed by atoms with E-state index in [-0.39, 0.29) is 40.9 Å². The lowest BCUT2D eigenvalue weighted by atomic mass is 10.1. The number of halogens is 3. The van der Waals surface area contributed by atoms with Gasteiger partial charge in [-0.15, -0.1) is 0 Å². The molecule has 0 spiro atoms. The second-order valence-corrected chi connectivity index (χ2v) is 7.39. The van der Waals surface area contributed by atoms with Gasteiger partial charge in [0.1, 0.15) is 17.4 Å². The Bertz CT molecular complexity index is 1130. The number of rotatable bonds is 7. The smallest absolute Gasteiger partial charge is 0.290 e. The molecular weight excluding hydrogens is 441 g/mol. The Hall–Kier alpha value is -2.74. The first kappa shape index (κ1) is 21.0. The first-order valence-electron chi connectivity index (χ1n) is 8.26. The quantitative estimate of drug-likeness (QED) is 0.328. The number of aromatic nitrogens is 2. The summed E-state index contributed by atoms with van der Waals surface area (Å²) < 4.78 is 3.21. The second kappa shape index (κ2) is 8.73. The molecule has 0 saturated heterocycles. The Morgan fingerprint density at radius 3 is 2.28 bits per heavy atom. The summed E-state index contributed by atoms with van der Waals surface area (Å²) in [6.07, 6.45) is 4.90. The molecule has 10 heteroatoms. The molecule has 0 saturated carbocycles. The van der Waals surface area contributed by atoms with Gasteiger partial charge in [0, 0.05) is 17.2 Å². The van der Waals surface area contributed by atoms with E-state index in [9.17, 15) is 14.5 Å². The van der Waals surface area contributed by atoms with E-state index in [4.69, 9.17) is 40.0 Å². The average molecular weight is 455 g/mol. The summed E-state index contributed by atoms with van der Waals surface area (Å²) in [6, 6.07) is 8.69. The van der Waals surface area contributed by atoms with Crippen LogP contribution >= 0.6 is 34.8 Å². The van der Waals surface area contributed by atoms with Gasteiger partial charge in [-0.2, -0.15) is 0 Å². The van der Waals surface area contributed by atoms with Gasteiger partial charge < -0.3 is 0 Å². The number of hydrogen-bond donors (Lipinski definition) is 1. The minimum atomic E-state index is -0.392. The normalized spacial score (nSPS) is 10.7. The zero-order valence-electron chi connectivity index (χ0n) is 14.8. The van der Waals surface area contributed by atoms with Crippen LogP contribution in [0.2, 0.25) is 15.1 Å². The van der Waals surface area contributed by atoms with E-state index in [2.05, 4.69) is 0 Å². The molecule has 0 radical (unpaired) electrons. The van der Waals surface area contributed by atoms with E-state index in [1.165, 1.54) is 24.3 Å². The van der Waals surface area contributed by atoms with Crippen LogP contribution in [0.15, 0.2) is 55.1 Å². The lowest BCUT2D eigenvalue weighted by Crippen LogP contribution is -2.36. The van der Waals surface area contributed by atoms with Gasteiger partial charge in [-0.25, -0.2) is 14.3 Å². The van der Waals surface area contributed by atoms with Crippen LogP contribution < -0.4 is 4.57 Å². The van der Waals surface area contributed by atoms with E-state index in [1.807, 2.05) is 0 Å². The summed E-state index contributed by atoms with van der Waals surface area (Å²) >= 11 is 17.6. The zero-order chi connectivity index (χ0) is 21.1.